The number of para-hydroxylation sites is 1. The molecule has 10 rings (SSSR count). The van der Waals surface area contributed by atoms with Crippen molar-refractivity contribution in [3.8, 4) is 44.5 Å². The van der Waals surface area contributed by atoms with Gasteiger partial charge in [-0.3, -0.25) is 0 Å². The van der Waals surface area contributed by atoms with Crippen molar-refractivity contribution in [1.29, 1.82) is 0 Å². The number of fused-ring (bicyclic) bond motifs is 3. The van der Waals surface area contributed by atoms with Crippen molar-refractivity contribution < 1.29 is 0 Å². The molecule has 0 aliphatic heterocycles. The summed E-state index contributed by atoms with van der Waals surface area (Å²) in [4.78, 5) is 2.41. The molecule has 0 aliphatic carbocycles. The molecular weight excluding hydrogens is 663 g/mol. The number of rotatable bonds is 7. The van der Waals surface area contributed by atoms with Crippen LogP contribution in [0, 0.1) is 0 Å². The Morgan fingerprint density at radius 3 is 1.25 bits per heavy atom. The summed E-state index contributed by atoms with van der Waals surface area (Å²) in [5, 5.41) is 7.47. The minimum absolute atomic E-state index is 1.10. The van der Waals surface area contributed by atoms with Gasteiger partial charge in [0.1, 0.15) is 0 Å². The van der Waals surface area contributed by atoms with E-state index >= 15 is 0 Å². The molecule has 0 unspecified atom stereocenters. The van der Waals surface area contributed by atoms with Gasteiger partial charge in [0.25, 0.3) is 0 Å². The van der Waals surface area contributed by atoms with E-state index in [2.05, 4.69) is 229 Å². The molecule has 10 aromatic carbocycles. The largest absolute Gasteiger partial charge is 0.310 e. The molecule has 0 aliphatic rings. The van der Waals surface area contributed by atoms with Crippen molar-refractivity contribution in [2.75, 3.05) is 4.90 Å². The van der Waals surface area contributed by atoms with Gasteiger partial charge in [0.2, 0.25) is 0 Å². The lowest BCUT2D eigenvalue weighted by Gasteiger charge is -2.29. The van der Waals surface area contributed by atoms with Crippen LogP contribution in [0.2, 0.25) is 0 Å². The maximum atomic E-state index is 2.41. The summed E-state index contributed by atoms with van der Waals surface area (Å²) < 4.78 is 0. The van der Waals surface area contributed by atoms with Gasteiger partial charge in [0.15, 0.2) is 0 Å². The average Bonchev–Trinajstić information content (AvgIpc) is 3.27. The monoisotopic (exact) mass is 699 g/mol. The summed E-state index contributed by atoms with van der Waals surface area (Å²) in [6.45, 7) is 0. The maximum Gasteiger partial charge on any atom is 0.0540 e. The predicted molar refractivity (Wildman–Crippen MR) is 235 cm³/mol. The first-order valence-electron chi connectivity index (χ1n) is 18.9. The van der Waals surface area contributed by atoms with Crippen LogP contribution in [0.25, 0.3) is 76.8 Å². The summed E-state index contributed by atoms with van der Waals surface area (Å²) in [6, 6.07) is 81.5. The lowest BCUT2D eigenvalue weighted by atomic mass is 9.90. The van der Waals surface area contributed by atoms with E-state index in [0.717, 1.165) is 17.1 Å². The van der Waals surface area contributed by atoms with Crippen LogP contribution in [0.5, 0.6) is 0 Å². The second kappa shape index (κ2) is 14.0. The normalized spacial score (nSPS) is 11.3. The Morgan fingerprint density at radius 2 is 0.673 bits per heavy atom. The van der Waals surface area contributed by atoms with Crippen molar-refractivity contribution in [3.63, 3.8) is 0 Å². The Labute approximate surface area is 322 Å². The molecule has 10 aromatic rings. The van der Waals surface area contributed by atoms with E-state index in [-0.39, 0.29) is 0 Å². The fraction of sp³-hybridized carbons (Fsp3) is 0. The highest BCUT2D eigenvalue weighted by Gasteiger charge is 2.20. The number of hydrogen-bond acceptors (Lipinski definition) is 1. The van der Waals surface area contributed by atoms with E-state index in [9.17, 15) is 0 Å². The van der Waals surface area contributed by atoms with Crippen molar-refractivity contribution in [1.82, 2.24) is 0 Å². The molecule has 0 N–H and O–H groups in total. The van der Waals surface area contributed by atoms with E-state index in [1.807, 2.05) is 0 Å². The molecule has 55 heavy (non-hydrogen) atoms. The van der Waals surface area contributed by atoms with E-state index in [4.69, 9.17) is 0 Å². The number of hydrogen-bond donors (Lipinski definition) is 0. The maximum absolute atomic E-state index is 2.41. The first-order valence-corrected chi connectivity index (χ1v) is 18.9. The highest BCUT2D eigenvalue weighted by molar-refractivity contribution is 6.09. The second-order valence-corrected chi connectivity index (χ2v) is 14.1. The first kappa shape index (κ1) is 32.4. The van der Waals surface area contributed by atoms with Crippen LogP contribution in [-0.2, 0) is 0 Å². The van der Waals surface area contributed by atoms with Gasteiger partial charge >= 0.3 is 0 Å². The smallest absolute Gasteiger partial charge is 0.0540 e. The summed E-state index contributed by atoms with van der Waals surface area (Å²) in [6.07, 6.45) is 0. The van der Waals surface area contributed by atoms with Crippen LogP contribution in [-0.4, -0.2) is 0 Å². The third-order valence-electron chi connectivity index (χ3n) is 10.8. The minimum Gasteiger partial charge on any atom is -0.310 e. The highest BCUT2D eigenvalue weighted by Crippen LogP contribution is 2.45. The fourth-order valence-corrected chi connectivity index (χ4v) is 8.09. The average molecular weight is 700 g/mol. The minimum atomic E-state index is 1.10. The zero-order valence-corrected chi connectivity index (χ0v) is 30.3. The van der Waals surface area contributed by atoms with Gasteiger partial charge in [-0.25, -0.2) is 0 Å². The van der Waals surface area contributed by atoms with E-state index in [1.165, 1.54) is 76.8 Å². The fourth-order valence-electron chi connectivity index (χ4n) is 8.09. The second-order valence-electron chi connectivity index (χ2n) is 14.1. The van der Waals surface area contributed by atoms with Gasteiger partial charge in [-0.1, -0.05) is 182 Å². The third-order valence-corrected chi connectivity index (χ3v) is 10.8. The van der Waals surface area contributed by atoms with Gasteiger partial charge in [-0.2, -0.15) is 0 Å². The van der Waals surface area contributed by atoms with Gasteiger partial charge in [0, 0.05) is 16.9 Å². The van der Waals surface area contributed by atoms with E-state index in [0.29, 0.717) is 0 Å². The Bertz CT molecular complexity index is 2830. The molecule has 0 bridgehead atoms. The molecule has 0 atom stereocenters. The lowest BCUT2D eigenvalue weighted by Crippen LogP contribution is -2.11. The highest BCUT2D eigenvalue weighted by atomic mass is 15.1. The summed E-state index contributed by atoms with van der Waals surface area (Å²) in [5.74, 6) is 0. The Morgan fingerprint density at radius 1 is 0.236 bits per heavy atom. The molecule has 0 radical (unpaired) electrons. The van der Waals surface area contributed by atoms with Gasteiger partial charge in [-0.05, 0) is 114 Å². The van der Waals surface area contributed by atoms with Crippen LogP contribution in [0.3, 0.4) is 0 Å². The first-order chi connectivity index (χ1) is 27.3. The van der Waals surface area contributed by atoms with Gasteiger partial charge < -0.3 is 4.90 Å². The zero-order valence-electron chi connectivity index (χ0n) is 30.3. The van der Waals surface area contributed by atoms with E-state index < -0.39 is 0 Å². The lowest BCUT2D eigenvalue weighted by molar-refractivity contribution is 1.28. The molecule has 0 heterocycles. The Hall–Kier alpha value is -7.22. The Kier molecular flexibility index (Phi) is 8.24. The van der Waals surface area contributed by atoms with Crippen molar-refractivity contribution >= 4 is 49.4 Å². The molecule has 1 nitrogen and oxygen atoms in total. The van der Waals surface area contributed by atoms with Crippen LogP contribution < -0.4 is 4.90 Å². The third kappa shape index (κ3) is 6.12. The van der Waals surface area contributed by atoms with Gasteiger partial charge in [-0.15, -0.1) is 0 Å². The van der Waals surface area contributed by atoms with Crippen LogP contribution in [0.15, 0.2) is 224 Å². The van der Waals surface area contributed by atoms with Crippen molar-refractivity contribution in [2.24, 2.45) is 0 Å². The summed E-state index contributed by atoms with van der Waals surface area (Å²) in [5.41, 5.74) is 12.9. The molecule has 0 aromatic heterocycles. The van der Waals surface area contributed by atoms with E-state index in [1.54, 1.807) is 0 Å². The van der Waals surface area contributed by atoms with Crippen LogP contribution in [0.1, 0.15) is 0 Å². The van der Waals surface area contributed by atoms with Crippen molar-refractivity contribution in [3.05, 3.63) is 224 Å². The predicted octanol–water partition coefficient (Wildman–Crippen LogP) is 15.3. The van der Waals surface area contributed by atoms with Crippen LogP contribution in [0.4, 0.5) is 17.1 Å². The number of benzene rings is 10. The zero-order chi connectivity index (χ0) is 36.6. The molecular formula is C54H37N. The number of nitrogens with zero attached hydrogens (tertiary/aromatic N) is 1. The Balaban J connectivity index is 1.13. The molecule has 0 amide bonds. The summed E-state index contributed by atoms with van der Waals surface area (Å²) >= 11 is 0. The number of anilines is 3. The molecule has 0 saturated heterocycles. The molecule has 258 valence electrons. The standard InChI is InChI=1S/C54H37N/c1-2-14-42(15-3-1)50-21-10-18-43-19-11-22-52(54(43)50)51-20-8-9-23-53(51)55(48-32-28-40(29-33-48)46-26-24-38-12-4-6-16-44(38)36-46)49-34-30-41(31-35-49)47-27-25-39-13-5-7-17-45(39)37-47/h1-37H. The van der Waals surface area contributed by atoms with Crippen LogP contribution >= 0.6 is 0 Å². The van der Waals surface area contributed by atoms with Crippen molar-refractivity contribution in [2.45, 2.75) is 0 Å². The quantitative estimate of drug-likeness (QED) is 0.160. The summed E-state index contributed by atoms with van der Waals surface area (Å²) in [7, 11) is 0. The topological polar surface area (TPSA) is 3.24 Å². The molecule has 0 saturated carbocycles. The van der Waals surface area contributed by atoms with Gasteiger partial charge in [0.05, 0.1) is 5.69 Å². The molecule has 1 heteroatoms. The SMILES string of the molecule is c1ccc(-c2cccc3cccc(-c4ccccc4N(c4ccc(-c5ccc6ccccc6c5)cc4)c4ccc(-c5ccc6ccccc6c5)cc4)c23)cc1. The molecule has 0 fully saturated rings. The molecule has 0 spiro atoms.